The van der Waals surface area contributed by atoms with Gasteiger partial charge in [0.05, 0.1) is 30.5 Å². The third-order valence-corrected chi connectivity index (χ3v) is 14.6. The fourth-order valence-electron chi connectivity index (χ4n) is 8.71. The van der Waals surface area contributed by atoms with E-state index in [4.69, 9.17) is 9.40 Å². The van der Waals surface area contributed by atoms with Crippen molar-refractivity contribution < 1.29 is 31.7 Å². The monoisotopic (exact) mass is 1090 g/mol. The van der Waals surface area contributed by atoms with Gasteiger partial charge in [-0.15, -0.1) is 48.0 Å². The maximum atomic E-state index is 12.8. The minimum absolute atomic E-state index is 0. The number of pyridine rings is 1. The van der Waals surface area contributed by atoms with E-state index in [1.165, 1.54) is 22.9 Å². The Kier molecular flexibility index (Phi) is 13.0. The molecule has 0 aliphatic heterocycles. The molecule has 68 heavy (non-hydrogen) atoms. The average Bonchev–Trinajstić information content (AvgIpc) is 3.89. The van der Waals surface area contributed by atoms with Gasteiger partial charge in [0.15, 0.2) is 0 Å². The van der Waals surface area contributed by atoms with E-state index in [-0.39, 0.29) is 31.3 Å². The Labute approximate surface area is 418 Å². The Bertz CT molecular complexity index is 3450. The molecule has 0 fully saturated rings. The van der Waals surface area contributed by atoms with Crippen LogP contribution in [-0.2, 0) is 25.5 Å². The van der Waals surface area contributed by atoms with Crippen molar-refractivity contribution in [2.75, 3.05) is 0 Å². The van der Waals surface area contributed by atoms with Crippen LogP contribution in [0.3, 0.4) is 0 Å². The van der Waals surface area contributed by atoms with Gasteiger partial charge in [-0.05, 0) is 98.2 Å². The van der Waals surface area contributed by atoms with Crippen LogP contribution in [0.5, 0.6) is 0 Å². The normalized spacial score (nSPS) is 12.6. The Morgan fingerprint density at radius 3 is 2.00 bits per heavy atom. The number of aromatic nitrogens is 3. The van der Waals surface area contributed by atoms with E-state index < -0.39 is 19.9 Å². The van der Waals surface area contributed by atoms with E-state index >= 15 is 0 Å². The van der Waals surface area contributed by atoms with Gasteiger partial charge in [-0.2, -0.15) is 0 Å². The fraction of sp³-hybridized carbons (Fsp3) is 0.213. The summed E-state index contributed by atoms with van der Waals surface area (Å²) in [5, 5.41) is 3.41. The van der Waals surface area contributed by atoms with Gasteiger partial charge in [-0.3, -0.25) is 9.37 Å². The quantitative estimate of drug-likeness (QED) is 0.112. The van der Waals surface area contributed by atoms with Gasteiger partial charge < -0.3 is 14.0 Å². The predicted molar refractivity (Wildman–Crippen MR) is 282 cm³/mol. The van der Waals surface area contributed by atoms with E-state index in [0.29, 0.717) is 11.4 Å². The van der Waals surface area contributed by atoms with Gasteiger partial charge in [-0.1, -0.05) is 169 Å². The first-order valence-electron chi connectivity index (χ1n) is 24.0. The zero-order valence-electron chi connectivity index (χ0n) is 42.5. The van der Waals surface area contributed by atoms with Gasteiger partial charge in [0.1, 0.15) is 5.58 Å². The summed E-state index contributed by atoms with van der Waals surface area (Å²) in [4.78, 5) is 9.56. The molecular formula is C61H58FIrN3OSi-2. The molecule has 0 N–H and O–H groups in total. The number of benzene rings is 7. The zero-order valence-corrected chi connectivity index (χ0v) is 43.9. The minimum atomic E-state index is -1.48. The summed E-state index contributed by atoms with van der Waals surface area (Å²) in [6.45, 7) is 21.3. The van der Waals surface area contributed by atoms with Gasteiger partial charge in [0.25, 0.3) is 0 Å². The molecule has 0 aliphatic carbocycles. The molecule has 0 spiro atoms. The van der Waals surface area contributed by atoms with E-state index in [2.05, 4.69) is 141 Å². The molecule has 0 amide bonds. The van der Waals surface area contributed by atoms with Crippen molar-refractivity contribution in [1.29, 1.82) is 0 Å². The molecule has 0 saturated carbocycles. The van der Waals surface area contributed by atoms with Crippen LogP contribution in [0.2, 0.25) is 19.6 Å². The second kappa shape index (κ2) is 19.4. The number of furan rings is 1. The number of hydrogen-bond acceptors (Lipinski definition) is 3. The van der Waals surface area contributed by atoms with Crippen molar-refractivity contribution in [1.82, 2.24) is 14.5 Å². The summed E-state index contributed by atoms with van der Waals surface area (Å²) in [7, 11) is -1.48. The summed E-state index contributed by atoms with van der Waals surface area (Å²) in [6.07, 6.45) is 1.78. The van der Waals surface area contributed by atoms with Gasteiger partial charge >= 0.3 is 0 Å². The molecule has 7 heteroatoms. The number of imidazole rings is 1. The van der Waals surface area contributed by atoms with Crippen molar-refractivity contribution in [2.45, 2.75) is 85.3 Å². The molecule has 4 nitrogen and oxygen atoms in total. The second-order valence-electron chi connectivity index (χ2n) is 19.9. The molecule has 3 aromatic heterocycles. The predicted octanol–water partition coefficient (Wildman–Crippen LogP) is 16.5. The molecule has 10 rings (SSSR count). The summed E-state index contributed by atoms with van der Waals surface area (Å²) < 4.78 is 40.8. The van der Waals surface area contributed by atoms with Crippen molar-refractivity contribution in [3.63, 3.8) is 0 Å². The molecule has 0 atom stereocenters. The molecule has 1 radical (unpaired) electrons. The summed E-state index contributed by atoms with van der Waals surface area (Å²) in [5.41, 5.74) is 13.6. The maximum absolute atomic E-state index is 12.8. The van der Waals surface area contributed by atoms with Crippen LogP contribution in [0.15, 0.2) is 162 Å². The zero-order chi connectivity index (χ0) is 49.0. The van der Waals surface area contributed by atoms with E-state index in [0.717, 1.165) is 83.3 Å². The number of rotatable bonds is 8. The average molecular weight is 1090 g/mol. The van der Waals surface area contributed by atoms with Crippen LogP contribution in [0.1, 0.15) is 79.7 Å². The molecule has 0 aliphatic rings. The third kappa shape index (κ3) is 9.71. The van der Waals surface area contributed by atoms with E-state index in [1.807, 2.05) is 82.3 Å². The third-order valence-electron chi connectivity index (χ3n) is 12.5. The minimum Gasteiger partial charge on any atom is -0.501 e. The number of halogens is 1. The van der Waals surface area contributed by atoms with Crippen LogP contribution in [0.25, 0.3) is 83.6 Å². The topological polar surface area (TPSA) is 43.9 Å². The summed E-state index contributed by atoms with van der Waals surface area (Å²) >= 11 is 0. The van der Waals surface area contributed by atoms with Crippen molar-refractivity contribution >= 4 is 46.2 Å². The van der Waals surface area contributed by atoms with Crippen LogP contribution in [-0.4, -0.2) is 22.6 Å². The first kappa shape index (κ1) is 45.5. The van der Waals surface area contributed by atoms with Crippen molar-refractivity contribution in [3.8, 4) is 50.6 Å². The molecule has 0 unspecified atom stereocenters. The summed E-state index contributed by atoms with van der Waals surface area (Å²) in [5.74, 6) is -1.62. The smallest absolute Gasteiger partial charge is 0.121 e. The SMILES string of the molecule is CC(C)(C)c1ccnc(-c2[c-]cc(F)cc2)c1.[2H]C(C)(C)c1cc(-c2ccc([Si](C)(C)C)cc2)cc(C([2H])(C)C)c1-n1c(-c2[c-]ccc3c2oc2cc(-c4ccccc4)ccc23)nc2ccccc21.[Ir]. The number of nitrogens with zero attached hydrogens (tertiary/aromatic N) is 3. The molecule has 3 heterocycles. The standard InChI is InChI=1S/C46H43N2OSi.C15H15FN.Ir/c1-29(2)39-26-34(32-20-23-35(24-21-32)50(5,6)7)27-40(30(3)4)44(39)48-42-19-12-11-18-41(42)47-46(48)38-17-13-16-37-36-25-22-33(28-43(36)49-45(37)38)31-14-9-8-10-15-31;1-15(2,3)12-8-9-17-14(10-12)11-4-6-13(16)7-5-11;/h8-16,18-30H,1-7H3;4,6-10H,1-3H3;/q2*-1;/i29D,30D;;. The Morgan fingerprint density at radius 2 is 1.35 bits per heavy atom. The van der Waals surface area contributed by atoms with Crippen LogP contribution in [0, 0.1) is 17.9 Å². The van der Waals surface area contributed by atoms with Gasteiger partial charge in [-0.25, -0.2) is 0 Å². The van der Waals surface area contributed by atoms with Crippen LogP contribution >= 0.6 is 0 Å². The summed E-state index contributed by atoms with van der Waals surface area (Å²) in [6, 6.07) is 56.9. The maximum Gasteiger partial charge on any atom is 0.121 e. The van der Waals surface area contributed by atoms with E-state index in [1.54, 1.807) is 12.3 Å². The number of fused-ring (bicyclic) bond motifs is 4. The molecule has 0 saturated heterocycles. The molecule has 0 bridgehead atoms. The molecule has 10 aromatic rings. The van der Waals surface area contributed by atoms with Gasteiger partial charge in [0, 0.05) is 45.9 Å². The Hall–Kier alpha value is -6.24. The molecule has 7 aromatic carbocycles. The Morgan fingerprint density at radius 1 is 0.691 bits per heavy atom. The molecular weight excluding hydrogens is 1030 g/mol. The largest absolute Gasteiger partial charge is 0.501 e. The van der Waals surface area contributed by atoms with E-state index in [9.17, 15) is 7.13 Å². The van der Waals surface area contributed by atoms with Crippen LogP contribution in [0.4, 0.5) is 4.39 Å². The van der Waals surface area contributed by atoms with Crippen molar-refractivity contribution in [2.24, 2.45) is 0 Å². The van der Waals surface area contributed by atoms with Gasteiger partial charge in [0.2, 0.25) is 0 Å². The fourth-order valence-corrected chi connectivity index (χ4v) is 9.88. The second-order valence-corrected chi connectivity index (χ2v) is 25.0. The Balaban J connectivity index is 0.000000309. The van der Waals surface area contributed by atoms with Crippen molar-refractivity contribution in [3.05, 3.63) is 192 Å². The first-order valence-corrected chi connectivity index (χ1v) is 26.5. The molecule has 345 valence electrons. The first-order chi connectivity index (χ1) is 32.6. The number of hydrogen-bond donors (Lipinski definition) is 0. The van der Waals surface area contributed by atoms with Crippen LogP contribution < -0.4 is 5.19 Å². The number of para-hydroxylation sites is 2.